The molecule has 0 atom stereocenters. The zero-order valence-corrected chi connectivity index (χ0v) is 28.5. The molecular formula is C40H20N4O4S2. The van der Waals surface area contributed by atoms with Gasteiger partial charge in [0.05, 0.1) is 44.8 Å². The molecule has 0 fully saturated rings. The van der Waals surface area contributed by atoms with Crippen LogP contribution in [0.3, 0.4) is 0 Å². The van der Waals surface area contributed by atoms with E-state index in [1.807, 2.05) is 24.3 Å². The number of hydrogen-bond donors (Lipinski definition) is 0. The molecule has 0 spiro atoms. The van der Waals surface area contributed by atoms with Gasteiger partial charge in [-0.05, 0) is 58.7 Å². The maximum atomic E-state index is 13.4. The number of hydrogen-bond acceptors (Lipinski definition) is 8. The van der Waals surface area contributed by atoms with Crippen LogP contribution >= 0.6 is 22.7 Å². The molecule has 236 valence electrons. The largest absolute Gasteiger partial charge is 0.288 e. The molecule has 0 radical (unpaired) electrons. The zero-order chi connectivity index (χ0) is 35.6. The standard InChI is InChI=1S/C40H20N4O4S2/c1-39(2)19(9-25-33(45)21-7-17(15-41)18(16-42)8-22(21)34(25)46)11-29-31(39)37-38(49-29)32-30(50-37)12-20(40(32,3)4)10-26-35(47)23-13-27(43-5)28(44-6)14-24(23)36(26)48/h7-14H,1-4H3. The molecule has 0 N–H and O–H groups in total. The van der Waals surface area contributed by atoms with E-state index in [-0.39, 0.29) is 55.9 Å². The molecule has 4 aliphatic carbocycles. The third-order valence-corrected chi connectivity index (χ3v) is 12.6. The summed E-state index contributed by atoms with van der Waals surface area (Å²) in [6.07, 6.45) is 7.32. The summed E-state index contributed by atoms with van der Waals surface area (Å²) >= 11 is 3.25. The molecule has 0 saturated heterocycles. The molecule has 0 amide bonds. The van der Waals surface area contributed by atoms with E-state index in [0.29, 0.717) is 0 Å². The van der Waals surface area contributed by atoms with Gasteiger partial charge in [-0.2, -0.15) is 10.5 Å². The number of nitriles is 2. The lowest BCUT2D eigenvalue weighted by molar-refractivity contribution is 0.0973. The Morgan fingerprint density at radius 1 is 0.620 bits per heavy atom. The lowest BCUT2D eigenvalue weighted by Crippen LogP contribution is -2.17. The highest BCUT2D eigenvalue weighted by Gasteiger charge is 2.44. The van der Waals surface area contributed by atoms with Crippen molar-refractivity contribution in [2.75, 3.05) is 0 Å². The number of carbonyl (C=O) groups excluding carboxylic acids is 4. The van der Waals surface area contributed by atoms with E-state index in [1.165, 1.54) is 24.3 Å². The topological polar surface area (TPSA) is 125 Å². The molecule has 8 rings (SSSR count). The second-order valence-electron chi connectivity index (χ2n) is 13.5. The fourth-order valence-corrected chi connectivity index (χ4v) is 10.8. The van der Waals surface area contributed by atoms with Gasteiger partial charge < -0.3 is 0 Å². The van der Waals surface area contributed by atoms with Crippen LogP contribution in [0.4, 0.5) is 11.4 Å². The second kappa shape index (κ2) is 10.1. The summed E-state index contributed by atoms with van der Waals surface area (Å²) in [7, 11) is 0. The molecule has 50 heavy (non-hydrogen) atoms. The Morgan fingerprint density at radius 3 is 1.28 bits per heavy atom. The SMILES string of the molecule is [C-]#[N+]c1cc2c(cc1[N+]#[C-])C(=O)C(=CC1=Cc3sc4c5c(sc4c3C1(C)C)C=C(C=C1C(=O)c3cc(C#N)c(C#N)cc3C1=O)C5(C)C)C2=O. The molecule has 4 aromatic rings. The normalized spacial score (nSPS) is 17.4. The van der Waals surface area contributed by atoms with Crippen LogP contribution in [0.5, 0.6) is 0 Å². The number of allylic oxidation sites excluding steroid dienone is 6. The fraction of sp³-hybridized carbons (Fsp3) is 0.150. The quantitative estimate of drug-likeness (QED) is 0.118. The smallest absolute Gasteiger partial charge is 0.197 e. The first-order valence-electron chi connectivity index (χ1n) is 15.3. The number of ketones is 4. The molecule has 0 unspecified atom stereocenters. The van der Waals surface area contributed by atoms with Gasteiger partial charge in [0.1, 0.15) is 12.1 Å². The number of fused-ring (bicyclic) bond motifs is 7. The van der Waals surface area contributed by atoms with Crippen molar-refractivity contribution in [1.29, 1.82) is 10.5 Å². The van der Waals surface area contributed by atoms with Gasteiger partial charge in [-0.25, -0.2) is 0 Å². The Kier molecular flexibility index (Phi) is 6.27. The number of nitrogens with zero attached hydrogens (tertiary/aromatic N) is 4. The van der Waals surface area contributed by atoms with E-state index in [9.17, 15) is 29.7 Å². The molecule has 2 aromatic carbocycles. The summed E-state index contributed by atoms with van der Waals surface area (Å²) in [5.41, 5.74) is 3.50. The molecule has 2 heterocycles. The van der Waals surface area contributed by atoms with Crippen molar-refractivity contribution >= 4 is 78.7 Å². The summed E-state index contributed by atoms with van der Waals surface area (Å²) in [6.45, 7) is 23.0. The maximum absolute atomic E-state index is 13.4. The highest BCUT2D eigenvalue weighted by molar-refractivity contribution is 7.29. The van der Waals surface area contributed by atoms with Crippen molar-refractivity contribution in [2.45, 2.75) is 38.5 Å². The minimum Gasteiger partial charge on any atom is -0.288 e. The van der Waals surface area contributed by atoms with Crippen LogP contribution in [-0.4, -0.2) is 23.1 Å². The van der Waals surface area contributed by atoms with Gasteiger partial charge in [-0.15, -0.1) is 22.7 Å². The first-order valence-corrected chi connectivity index (χ1v) is 17.0. The van der Waals surface area contributed by atoms with Gasteiger partial charge >= 0.3 is 0 Å². The van der Waals surface area contributed by atoms with Crippen molar-refractivity contribution in [3.63, 3.8) is 0 Å². The Labute approximate surface area is 293 Å². The van der Waals surface area contributed by atoms with Crippen LogP contribution in [0.1, 0.15) is 101 Å². The first-order chi connectivity index (χ1) is 23.8. The number of rotatable bonds is 2. The third kappa shape index (κ3) is 3.86. The number of Topliss-reactive ketones (excluding diaryl/α,β-unsaturated/α-hetero) is 4. The minimum absolute atomic E-state index is 0.00824. The second-order valence-corrected chi connectivity index (χ2v) is 15.6. The Morgan fingerprint density at radius 2 is 0.960 bits per heavy atom. The van der Waals surface area contributed by atoms with E-state index >= 15 is 0 Å². The van der Waals surface area contributed by atoms with Gasteiger partial charge in [-0.1, -0.05) is 39.8 Å². The van der Waals surface area contributed by atoms with E-state index in [1.54, 1.807) is 34.8 Å². The molecule has 8 nitrogen and oxygen atoms in total. The Balaban J connectivity index is 1.16. The molecule has 0 saturated carbocycles. The van der Waals surface area contributed by atoms with E-state index in [4.69, 9.17) is 13.1 Å². The molecular weight excluding hydrogens is 665 g/mol. The molecule has 10 heteroatoms. The van der Waals surface area contributed by atoms with Gasteiger partial charge in [0.25, 0.3) is 0 Å². The summed E-state index contributed by atoms with van der Waals surface area (Å²) < 4.78 is 2.20. The van der Waals surface area contributed by atoms with Crippen molar-refractivity contribution < 1.29 is 19.2 Å². The Hall–Kier alpha value is -6.30. The summed E-state index contributed by atoms with van der Waals surface area (Å²) in [5, 5.41) is 18.9. The third-order valence-electron chi connectivity index (χ3n) is 10.2. The average molecular weight is 685 g/mol. The minimum atomic E-state index is -0.550. The van der Waals surface area contributed by atoms with Crippen molar-refractivity contribution in [3.05, 3.63) is 136 Å². The van der Waals surface area contributed by atoms with Gasteiger partial charge in [0.15, 0.2) is 34.5 Å². The van der Waals surface area contributed by atoms with Crippen LogP contribution in [0.2, 0.25) is 0 Å². The van der Waals surface area contributed by atoms with E-state index in [0.717, 1.165) is 41.4 Å². The summed E-state index contributed by atoms with van der Waals surface area (Å²) in [6, 6.07) is 9.18. The fourth-order valence-electron chi connectivity index (χ4n) is 7.38. The maximum Gasteiger partial charge on any atom is 0.197 e. The van der Waals surface area contributed by atoms with E-state index in [2.05, 4.69) is 37.4 Å². The molecule has 4 aliphatic rings. The monoisotopic (exact) mass is 684 g/mol. The molecule has 0 aliphatic heterocycles. The van der Waals surface area contributed by atoms with Crippen LogP contribution in [0.25, 0.3) is 31.2 Å². The lowest BCUT2D eigenvalue weighted by atomic mass is 9.79. The highest BCUT2D eigenvalue weighted by atomic mass is 32.1. The lowest BCUT2D eigenvalue weighted by Gasteiger charge is -2.23. The van der Waals surface area contributed by atoms with Gasteiger partial charge in [0, 0.05) is 42.8 Å². The van der Waals surface area contributed by atoms with Gasteiger partial charge in [-0.3, -0.25) is 28.9 Å². The highest BCUT2D eigenvalue weighted by Crippen LogP contribution is 2.58. The zero-order valence-electron chi connectivity index (χ0n) is 26.9. The van der Waals surface area contributed by atoms with Crippen LogP contribution in [0, 0.1) is 35.8 Å². The molecule has 2 aromatic heterocycles. The summed E-state index contributed by atoms with van der Waals surface area (Å²) in [4.78, 5) is 62.4. The number of carbonyl (C=O) groups is 4. The van der Waals surface area contributed by atoms with Crippen molar-refractivity contribution in [3.8, 4) is 12.1 Å². The van der Waals surface area contributed by atoms with Crippen LogP contribution < -0.4 is 0 Å². The Bertz CT molecular complexity index is 2470. The van der Waals surface area contributed by atoms with Crippen molar-refractivity contribution in [2.24, 2.45) is 0 Å². The average Bonchev–Trinajstić information content (AvgIpc) is 3.86. The van der Waals surface area contributed by atoms with Crippen LogP contribution in [-0.2, 0) is 10.8 Å². The van der Waals surface area contributed by atoms with Gasteiger partial charge in [0.2, 0.25) is 0 Å². The number of benzene rings is 2. The van der Waals surface area contributed by atoms with Crippen molar-refractivity contribution in [1.82, 2.24) is 0 Å². The molecule has 0 bridgehead atoms. The van der Waals surface area contributed by atoms with Crippen LogP contribution in [0.15, 0.2) is 58.7 Å². The predicted molar refractivity (Wildman–Crippen MR) is 190 cm³/mol. The predicted octanol–water partition coefficient (Wildman–Crippen LogP) is 9.17. The first kappa shape index (κ1) is 31.0. The van der Waals surface area contributed by atoms with E-state index < -0.39 is 34.0 Å². The number of thiophene rings is 2. The summed E-state index contributed by atoms with van der Waals surface area (Å²) in [5.74, 6) is -1.84.